The Morgan fingerprint density at radius 2 is 1.81 bits per heavy atom. The van der Waals surface area contributed by atoms with Crippen LogP contribution in [-0.2, 0) is 6.42 Å². The molecule has 0 unspecified atom stereocenters. The van der Waals surface area contributed by atoms with E-state index in [9.17, 15) is 13.6 Å². The molecule has 0 aromatic heterocycles. The van der Waals surface area contributed by atoms with Gasteiger partial charge in [-0.1, -0.05) is 6.07 Å². The molecular formula is C16H16F2N2O. The van der Waals surface area contributed by atoms with Gasteiger partial charge in [0.25, 0.3) is 5.91 Å². The van der Waals surface area contributed by atoms with Gasteiger partial charge in [0.1, 0.15) is 11.6 Å². The van der Waals surface area contributed by atoms with Gasteiger partial charge in [0.05, 0.1) is 5.56 Å². The third kappa shape index (κ3) is 4.02. The van der Waals surface area contributed by atoms with Crippen LogP contribution in [0, 0.1) is 18.6 Å². The number of rotatable bonds is 4. The highest BCUT2D eigenvalue weighted by molar-refractivity contribution is 5.99. The lowest BCUT2D eigenvalue weighted by molar-refractivity contribution is 0.0955. The van der Waals surface area contributed by atoms with Crippen molar-refractivity contribution in [2.75, 3.05) is 12.3 Å². The fraction of sp³-hybridized carbons (Fsp3) is 0.188. The molecule has 2 rings (SSSR count). The lowest BCUT2D eigenvalue weighted by atomic mass is 10.1. The van der Waals surface area contributed by atoms with E-state index in [1.165, 1.54) is 12.1 Å². The van der Waals surface area contributed by atoms with Gasteiger partial charge in [-0.25, -0.2) is 8.78 Å². The Labute approximate surface area is 121 Å². The van der Waals surface area contributed by atoms with Gasteiger partial charge in [0.2, 0.25) is 0 Å². The molecule has 2 aromatic carbocycles. The van der Waals surface area contributed by atoms with Gasteiger partial charge in [-0.05, 0) is 48.7 Å². The number of carbonyl (C=O) groups excluding carboxylic acids is 1. The zero-order chi connectivity index (χ0) is 15.4. The minimum absolute atomic E-state index is 0.273. The highest BCUT2D eigenvalue weighted by atomic mass is 19.1. The van der Waals surface area contributed by atoms with Crippen molar-refractivity contribution >= 4 is 11.6 Å². The molecule has 0 saturated carbocycles. The van der Waals surface area contributed by atoms with Crippen molar-refractivity contribution in [1.29, 1.82) is 0 Å². The van der Waals surface area contributed by atoms with Crippen molar-refractivity contribution < 1.29 is 13.6 Å². The molecule has 0 radical (unpaired) electrons. The van der Waals surface area contributed by atoms with Crippen LogP contribution in [0.1, 0.15) is 21.5 Å². The molecule has 1 amide bonds. The summed E-state index contributed by atoms with van der Waals surface area (Å²) in [5, 5.41) is 2.68. The van der Waals surface area contributed by atoms with E-state index in [-0.39, 0.29) is 12.5 Å². The normalized spacial score (nSPS) is 10.4. The van der Waals surface area contributed by atoms with Crippen LogP contribution in [0.5, 0.6) is 0 Å². The molecule has 0 atom stereocenters. The average Bonchev–Trinajstić information content (AvgIpc) is 2.37. The van der Waals surface area contributed by atoms with Gasteiger partial charge < -0.3 is 11.1 Å². The summed E-state index contributed by atoms with van der Waals surface area (Å²) < 4.78 is 26.1. The van der Waals surface area contributed by atoms with Crippen LogP contribution in [0.25, 0.3) is 0 Å². The number of aryl methyl sites for hydroxylation is 1. The Balaban J connectivity index is 1.95. The van der Waals surface area contributed by atoms with Gasteiger partial charge in [-0.2, -0.15) is 0 Å². The maximum atomic E-state index is 13.0. The standard InChI is InChI=1S/C16H16F2N2O/c1-10-2-3-14(15(19)6-10)16(21)20-5-4-11-7-12(17)9-13(18)8-11/h2-3,6-9H,4-5,19H2,1H3,(H,20,21). The van der Waals surface area contributed by atoms with E-state index in [2.05, 4.69) is 5.32 Å². The Morgan fingerprint density at radius 1 is 1.14 bits per heavy atom. The summed E-state index contributed by atoms with van der Waals surface area (Å²) in [6.07, 6.45) is 0.339. The van der Waals surface area contributed by atoms with E-state index < -0.39 is 11.6 Å². The summed E-state index contributed by atoms with van der Waals surface area (Å²) >= 11 is 0. The Morgan fingerprint density at radius 3 is 2.43 bits per heavy atom. The number of nitrogen functional groups attached to an aromatic ring is 1. The second kappa shape index (κ2) is 6.35. The molecule has 5 heteroatoms. The van der Waals surface area contributed by atoms with E-state index in [0.29, 0.717) is 23.2 Å². The van der Waals surface area contributed by atoms with E-state index in [1.807, 2.05) is 6.92 Å². The molecule has 0 aliphatic rings. The summed E-state index contributed by atoms with van der Waals surface area (Å²) in [7, 11) is 0. The number of hydrogen-bond acceptors (Lipinski definition) is 2. The van der Waals surface area contributed by atoms with Crippen LogP contribution in [0.3, 0.4) is 0 Å². The summed E-state index contributed by atoms with van der Waals surface area (Å²) in [5.41, 5.74) is 8.05. The van der Waals surface area contributed by atoms with Gasteiger partial charge in [0.15, 0.2) is 0 Å². The molecule has 0 fully saturated rings. The fourth-order valence-electron chi connectivity index (χ4n) is 2.06. The van der Waals surface area contributed by atoms with Crippen LogP contribution < -0.4 is 11.1 Å². The van der Waals surface area contributed by atoms with Crippen molar-refractivity contribution in [1.82, 2.24) is 5.32 Å². The Hall–Kier alpha value is -2.43. The maximum absolute atomic E-state index is 13.0. The highest BCUT2D eigenvalue weighted by Crippen LogP contribution is 2.13. The smallest absolute Gasteiger partial charge is 0.253 e. The summed E-state index contributed by atoms with van der Waals surface area (Å²) in [5.74, 6) is -1.55. The summed E-state index contributed by atoms with van der Waals surface area (Å²) in [6, 6.07) is 8.48. The number of halogens is 2. The fourth-order valence-corrected chi connectivity index (χ4v) is 2.06. The monoisotopic (exact) mass is 290 g/mol. The van der Waals surface area contributed by atoms with Crippen molar-refractivity contribution in [2.24, 2.45) is 0 Å². The predicted octanol–water partition coefficient (Wildman–Crippen LogP) is 2.83. The number of amides is 1. The van der Waals surface area contributed by atoms with Crippen molar-refractivity contribution in [3.05, 3.63) is 64.7 Å². The van der Waals surface area contributed by atoms with E-state index in [1.54, 1.807) is 18.2 Å². The third-order valence-corrected chi connectivity index (χ3v) is 3.07. The molecule has 2 aromatic rings. The Kier molecular flexibility index (Phi) is 4.52. The molecule has 0 bridgehead atoms. The largest absolute Gasteiger partial charge is 0.398 e. The van der Waals surface area contributed by atoms with Crippen LogP contribution in [-0.4, -0.2) is 12.5 Å². The molecule has 0 heterocycles. The first-order valence-electron chi connectivity index (χ1n) is 6.55. The number of nitrogens with one attached hydrogen (secondary N) is 1. The minimum Gasteiger partial charge on any atom is -0.398 e. The van der Waals surface area contributed by atoms with Gasteiger partial charge >= 0.3 is 0 Å². The first-order chi connectivity index (χ1) is 9.95. The van der Waals surface area contributed by atoms with E-state index in [0.717, 1.165) is 11.6 Å². The first kappa shape index (κ1) is 15.0. The topological polar surface area (TPSA) is 55.1 Å². The SMILES string of the molecule is Cc1ccc(C(=O)NCCc2cc(F)cc(F)c2)c(N)c1. The number of hydrogen-bond donors (Lipinski definition) is 2. The van der Waals surface area contributed by atoms with Gasteiger partial charge in [-0.15, -0.1) is 0 Å². The highest BCUT2D eigenvalue weighted by Gasteiger charge is 2.09. The minimum atomic E-state index is -0.626. The maximum Gasteiger partial charge on any atom is 0.253 e. The van der Waals surface area contributed by atoms with Crippen molar-refractivity contribution in [3.63, 3.8) is 0 Å². The third-order valence-electron chi connectivity index (χ3n) is 3.07. The molecule has 3 nitrogen and oxygen atoms in total. The molecule has 3 N–H and O–H groups in total. The number of benzene rings is 2. The average molecular weight is 290 g/mol. The number of carbonyl (C=O) groups is 1. The molecule has 21 heavy (non-hydrogen) atoms. The number of nitrogens with two attached hydrogens (primary N) is 1. The number of anilines is 1. The predicted molar refractivity (Wildman–Crippen MR) is 78.0 cm³/mol. The van der Waals surface area contributed by atoms with Crippen LogP contribution >= 0.6 is 0 Å². The zero-order valence-corrected chi connectivity index (χ0v) is 11.6. The first-order valence-corrected chi connectivity index (χ1v) is 6.55. The molecule has 0 saturated heterocycles. The molecular weight excluding hydrogens is 274 g/mol. The second-order valence-corrected chi connectivity index (χ2v) is 4.87. The molecule has 110 valence electrons. The molecule has 0 aliphatic heterocycles. The second-order valence-electron chi connectivity index (χ2n) is 4.87. The van der Waals surface area contributed by atoms with Crippen molar-refractivity contribution in [3.8, 4) is 0 Å². The molecule has 0 spiro atoms. The van der Waals surface area contributed by atoms with E-state index in [4.69, 9.17) is 5.73 Å². The zero-order valence-electron chi connectivity index (χ0n) is 11.6. The molecule has 0 aliphatic carbocycles. The van der Waals surface area contributed by atoms with Crippen molar-refractivity contribution in [2.45, 2.75) is 13.3 Å². The lowest BCUT2D eigenvalue weighted by Gasteiger charge is -2.08. The van der Waals surface area contributed by atoms with Crippen LogP contribution in [0.2, 0.25) is 0 Å². The van der Waals surface area contributed by atoms with E-state index >= 15 is 0 Å². The Bertz CT molecular complexity index is 651. The van der Waals surface area contributed by atoms with Gasteiger partial charge in [-0.3, -0.25) is 4.79 Å². The summed E-state index contributed by atoms with van der Waals surface area (Å²) in [6.45, 7) is 2.16. The van der Waals surface area contributed by atoms with Crippen LogP contribution in [0.4, 0.5) is 14.5 Å². The van der Waals surface area contributed by atoms with Gasteiger partial charge in [0, 0.05) is 18.3 Å². The quantitative estimate of drug-likeness (QED) is 0.851. The van der Waals surface area contributed by atoms with Crippen LogP contribution in [0.15, 0.2) is 36.4 Å². The lowest BCUT2D eigenvalue weighted by Crippen LogP contribution is -2.26. The summed E-state index contributed by atoms with van der Waals surface area (Å²) in [4.78, 5) is 12.0.